The summed E-state index contributed by atoms with van der Waals surface area (Å²) in [6.07, 6.45) is -6.62. The Bertz CT molecular complexity index is 221. The Morgan fingerprint density at radius 2 is 1.76 bits per heavy atom. The predicted molar refractivity (Wildman–Crippen MR) is 57.2 cm³/mol. The molecule has 0 fully saturated rings. The van der Waals surface area contributed by atoms with Crippen LogP contribution < -0.4 is 0 Å². The molecule has 0 heterocycles. The van der Waals surface area contributed by atoms with Crippen LogP contribution >= 0.6 is 0 Å². The number of methoxy groups -OCH3 is 1. The number of ether oxygens (including phenoxy) is 1. The lowest BCUT2D eigenvalue weighted by Gasteiger charge is -2.24. The fraction of sp³-hybridized carbons (Fsp3) is 0.900. The van der Waals surface area contributed by atoms with Gasteiger partial charge in [-0.25, -0.2) is 0 Å². The zero-order valence-electron chi connectivity index (χ0n) is 9.69. The summed E-state index contributed by atoms with van der Waals surface area (Å²) >= 11 is 0. The number of carbonyl (C=O) groups is 1. The first-order valence-electron chi connectivity index (χ1n) is 5.30. The van der Waals surface area contributed by atoms with Gasteiger partial charge < -0.3 is 30.3 Å². The van der Waals surface area contributed by atoms with E-state index in [2.05, 4.69) is 0 Å². The summed E-state index contributed by atoms with van der Waals surface area (Å²) in [4.78, 5) is 11.4. The van der Waals surface area contributed by atoms with Gasteiger partial charge in [-0.2, -0.15) is 0 Å². The van der Waals surface area contributed by atoms with E-state index in [9.17, 15) is 20.1 Å². The highest BCUT2D eigenvalue weighted by Gasteiger charge is 2.33. The molecule has 0 saturated heterocycles. The van der Waals surface area contributed by atoms with Crippen LogP contribution in [-0.4, -0.2) is 76.1 Å². The van der Waals surface area contributed by atoms with Gasteiger partial charge in [0, 0.05) is 20.1 Å². The van der Waals surface area contributed by atoms with Crippen LogP contribution in [0.3, 0.4) is 0 Å². The van der Waals surface area contributed by atoms with Gasteiger partial charge in [0.15, 0.2) is 5.78 Å². The number of hydrogen-bond acceptors (Lipinski definition) is 7. The van der Waals surface area contributed by atoms with Gasteiger partial charge in [0.05, 0.1) is 6.61 Å². The molecule has 17 heavy (non-hydrogen) atoms. The summed E-state index contributed by atoms with van der Waals surface area (Å²) in [7, 11) is 1.47. The van der Waals surface area contributed by atoms with E-state index in [0.29, 0.717) is 13.0 Å². The largest absolute Gasteiger partial charge is 0.394 e. The zero-order valence-corrected chi connectivity index (χ0v) is 9.69. The van der Waals surface area contributed by atoms with E-state index >= 15 is 0 Å². The Labute approximate surface area is 99.3 Å². The summed E-state index contributed by atoms with van der Waals surface area (Å²) in [6.45, 7) is -0.431. The van der Waals surface area contributed by atoms with E-state index in [4.69, 9.17) is 14.9 Å². The molecule has 0 unspecified atom stereocenters. The molecule has 0 aromatic carbocycles. The maximum absolute atomic E-state index is 11.4. The van der Waals surface area contributed by atoms with Crippen molar-refractivity contribution in [2.45, 2.75) is 37.3 Å². The van der Waals surface area contributed by atoms with E-state index in [1.165, 1.54) is 7.11 Å². The normalized spacial score (nSPS) is 18.5. The minimum Gasteiger partial charge on any atom is -0.394 e. The third-order valence-electron chi connectivity index (χ3n) is 2.36. The van der Waals surface area contributed by atoms with Gasteiger partial charge in [0.1, 0.15) is 24.4 Å². The highest BCUT2D eigenvalue weighted by atomic mass is 16.5. The zero-order chi connectivity index (χ0) is 13.4. The summed E-state index contributed by atoms with van der Waals surface area (Å²) in [5.74, 6) is -0.654. The van der Waals surface area contributed by atoms with Crippen molar-refractivity contribution in [3.8, 4) is 0 Å². The van der Waals surface area contributed by atoms with Crippen molar-refractivity contribution in [1.82, 2.24) is 0 Å². The Balaban J connectivity index is 4.18. The van der Waals surface area contributed by atoms with Crippen molar-refractivity contribution >= 4 is 5.78 Å². The van der Waals surface area contributed by atoms with Crippen LogP contribution in [0.15, 0.2) is 0 Å². The molecule has 0 amide bonds. The van der Waals surface area contributed by atoms with Crippen LogP contribution in [0, 0.1) is 0 Å². The van der Waals surface area contributed by atoms with Gasteiger partial charge in [0.25, 0.3) is 0 Å². The van der Waals surface area contributed by atoms with Crippen molar-refractivity contribution in [1.29, 1.82) is 0 Å². The fourth-order valence-corrected chi connectivity index (χ4v) is 1.25. The van der Waals surface area contributed by atoms with Gasteiger partial charge >= 0.3 is 0 Å². The number of ketones is 1. The van der Waals surface area contributed by atoms with Gasteiger partial charge in [-0.05, 0) is 6.42 Å². The maximum atomic E-state index is 11.4. The van der Waals surface area contributed by atoms with Crippen LogP contribution in [0.25, 0.3) is 0 Å². The molecule has 0 aromatic heterocycles. The van der Waals surface area contributed by atoms with Crippen molar-refractivity contribution in [3.05, 3.63) is 0 Å². The van der Waals surface area contributed by atoms with Gasteiger partial charge in [0.2, 0.25) is 0 Å². The van der Waals surface area contributed by atoms with Crippen LogP contribution in [0.2, 0.25) is 0 Å². The molecular formula is C10H20O7. The minimum atomic E-state index is -1.83. The number of aliphatic hydroxyl groups is 5. The molecule has 0 radical (unpaired) electrons. The molecule has 102 valence electrons. The SMILES string of the molecule is COCCCC(=O)[C@H](O)[C@@H](O)[C@H](O)[C@H](O)CO. The summed E-state index contributed by atoms with van der Waals surface area (Å²) < 4.78 is 4.72. The first kappa shape index (κ1) is 16.4. The number of hydrogen-bond donors (Lipinski definition) is 5. The van der Waals surface area contributed by atoms with E-state index in [-0.39, 0.29) is 6.42 Å². The molecule has 0 bridgehead atoms. The number of rotatable bonds is 9. The molecule has 0 rings (SSSR count). The molecule has 0 aromatic rings. The Morgan fingerprint density at radius 1 is 1.18 bits per heavy atom. The van der Waals surface area contributed by atoms with Gasteiger partial charge in [-0.3, -0.25) is 4.79 Å². The third kappa shape index (κ3) is 5.53. The van der Waals surface area contributed by atoms with Crippen LogP contribution in [-0.2, 0) is 9.53 Å². The molecule has 0 spiro atoms. The highest BCUT2D eigenvalue weighted by Crippen LogP contribution is 2.08. The first-order chi connectivity index (χ1) is 7.95. The molecule has 0 aliphatic carbocycles. The highest BCUT2D eigenvalue weighted by molar-refractivity contribution is 5.83. The Hall–Kier alpha value is -0.570. The second-order valence-electron chi connectivity index (χ2n) is 3.74. The second kappa shape index (κ2) is 8.51. The van der Waals surface area contributed by atoms with Crippen molar-refractivity contribution in [2.24, 2.45) is 0 Å². The van der Waals surface area contributed by atoms with Crippen molar-refractivity contribution in [3.63, 3.8) is 0 Å². The third-order valence-corrected chi connectivity index (χ3v) is 2.36. The molecular weight excluding hydrogens is 232 g/mol. The average Bonchev–Trinajstić information content (AvgIpc) is 2.35. The van der Waals surface area contributed by atoms with Gasteiger partial charge in [-0.15, -0.1) is 0 Å². The van der Waals surface area contributed by atoms with Crippen LogP contribution in [0.1, 0.15) is 12.8 Å². The number of Topliss-reactive ketones (excluding diaryl/α,β-unsaturated/α-hetero) is 1. The number of aliphatic hydroxyl groups excluding tert-OH is 5. The maximum Gasteiger partial charge on any atom is 0.164 e. The topological polar surface area (TPSA) is 127 Å². The summed E-state index contributed by atoms with van der Waals surface area (Å²) in [6, 6.07) is 0. The van der Waals surface area contributed by atoms with E-state index in [1.54, 1.807) is 0 Å². The number of carbonyl (C=O) groups excluding carboxylic acids is 1. The molecule has 7 nitrogen and oxygen atoms in total. The Morgan fingerprint density at radius 3 is 2.24 bits per heavy atom. The smallest absolute Gasteiger partial charge is 0.164 e. The Kier molecular flexibility index (Phi) is 8.23. The standard InChI is InChI=1S/C10H20O7/c1-17-4-2-3-6(12)8(14)10(16)9(15)7(13)5-11/h7-11,13-16H,2-5H2,1H3/t7-,8+,9-,10-/m1/s1. The summed E-state index contributed by atoms with van der Waals surface area (Å²) in [5.41, 5.74) is 0. The van der Waals surface area contributed by atoms with E-state index in [0.717, 1.165) is 0 Å². The minimum absolute atomic E-state index is 0.00595. The molecule has 4 atom stereocenters. The lowest BCUT2D eigenvalue weighted by atomic mass is 9.98. The van der Waals surface area contributed by atoms with Crippen molar-refractivity contribution in [2.75, 3.05) is 20.3 Å². The van der Waals surface area contributed by atoms with Crippen LogP contribution in [0.5, 0.6) is 0 Å². The molecule has 0 saturated carbocycles. The predicted octanol–water partition coefficient (Wildman–Crippen LogP) is -2.58. The lowest BCUT2D eigenvalue weighted by Crippen LogP contribution is -2.48. The quantitative estimate of drug-likeness (QED) is 0.285. The molecule has 5 N–H and O–H groups in total. The molecule has 7 heteroatoms. The van der Waals surface area contributed by atoms with Crippen LogP contribution in [0.4, 0.5) is 0 Å². The van der Waals surface area contributed by atoms with E-state index in [1.807, 2.05) is 0 Å². The second-order valence-corrected chi connectivity index (χ2v) is 3.74. The van der Waals surface area contributed by atoms with E-state index < -0.39 is 36.8 Å². The fourth-order valence-electron chi connectivity index (χ4n) is 1.25. The van der Waals surface area contributed by atoms with Crippen molar-refractivity contribution < 1.29 is 35.1 Å². The lowest BCUT2D eigenvalue weighted by molar-refractivity contribution is -0.147. The van der Waals surface area contributed by atoms with Gasteiger partial charge in [-0.1, -0.05) is 0 Å². The monoisotopic (exact) mass is 252 g/mol. The first-order valence-corrected chi connectivity index (χ1v) is 5.30. The average molecular weight is 252 g/mol. The molecule has 0 aliphatic heterocycles. The molecule has 0 aliphatic rings. The summed E-state index contributed by atoms with van der Waals surface area (Å²) in [5, 5.41) is 45.7.